The van der Waals surface area contributed by atoms with E-state index in [0.29, 0.717) is 21.3 Å². The van der Waals surface area contributed by atoms with Crippen LogP contribution in [0, 0.1) is 22.7 Å². The van der Waals surface area contributed by atoms with E-state index in [4.69, 9.17) is 9.47 Å². The summed E-state index contributed by atoms with van der Waals surface area (Å²) in [6.45, 7) is 0. The van der Waals surface area contributed by atoms with E-state index in [9.17, 15) is 10.5 Å². The molecule has 2 heterocycles. The SMILES string of the molecule is N#Cc1c(C#N)c(Oc2cccnc2)c(Sc2ccccc2)c(Sc2ccccc2)c1Oc1cccnc1. The van der Waals surface area contributed by atoms with Gasteiger partial charge in [-0.15, -0.1) is 0 Å². The van der Waals surface area contributed by atoms with Gasteiger partial charge in [0.25, 0.3) is 0 Å². The zero-order valence-corrected chi connectivity index (χ0v) is 21.4. The van der Waals surface area contributed by atoms with Crippen LogP contribution in [-0.2, 0) is 0 Å². The first-order valence-corrected chi connectivity index (χ1v) is 13.1. The quantitative estimate of drug-likeness (QED) is 0.199. The van der Waals surface area contributed by atoms with E-state index < -0.39 is 0 Å². The third-order valence-electron chi connectivity index (χ3n) is 5.18. The Morgan fingerprint density at radius 1 is 0.553 bits per heavy atom. The lowest BCUT2D eigenvalue weighted by atomic mass is 10.1. The molecular formula is C30H18N4O2S2. The van der Waals surface area contributed by atoms with Crippen LogP contribution in [-0.4, -0.2) is 9.97 Å². The van der Waals surface area contributed by atoms with E-state index >= 15 is 0 Å². The third-order valence-corrected chi connectivity index (χ3v) is 7.51. The van der Waals surface area contributed by atoms with E-state index in [2.05, 4.69) is 22.1 Å². The summed E-state index contributed by atoms with van der Waals surface area (Å²) in [6.07, 6.45) is 6.41. The van der Waals surface area contributed by atoms with Crippen LogP contribution in [0.2, 0.25) is 0 Å². The molecule has 3 aromatic carbocycles. The van der Waals surface area contributed by atoms with Crippen LogP contribution in [0.3, 0.4) is 0 Å². The standard InChI is InChI=1S/C30H18N4O2S2/c31-17-25-26(18-32)28(36-22-10-8-16-34-20-22)30(38-24-13-5-2-6-14-24)29(37-23-11-3-1-4-12-23)27(25)35-21-9-7-15-33-19-21/h1-16,19-20H. The van der Waals surface area contributed by atoms with Crippen LogP contribution in [0.5, 0.6) is 23.0 Å². The summed E-state index contributed by atoms with van der Waals surface area (Å²) in [5, 5.41) is 20.6. The van der Waals surface area contributed by atoms with Crippen molar-refractivity contribution in [3.05, 3.63) is 121 Å². The van der Waals surface area contributed by atoms with Crippen molar-refractivity contribution in [1.82, 2.24) is 9.97 Å². The highest BCUT2D eigenvalue weighted by atomic mass is 32.2. The third kappa shape index (κ3) is 5.63. The summed E-state index contributed by atoms with van der Waals surface area (Å²) in [5.74, 6) is 1.42. The van der Waals surface area contributed by atoms with Gasteiger partial charge in [-0.1, -0.05) is 59.9 Å². The fourth-order valence-electron chi connectivity index (χ4n) is 3.52. The van der Waals surface area contributed by atoms with Crippen LogP contribution in [0.15, 0.2) is 129 Å². The lowest BCUT2D eigenvalue weighted by Gasteiger charge is -2.21. The lowest BCUT2D eigenvalue weighted by Crippen LogP contribution is -2.02. The molecule has 6 nitrogen and oxygen atoms in total. The Hall–Kier alpha value is -4.76. The Kier molecular flexibility index (Phi) is 7.86. The van der Waals surface area contributed by atoms with Gasteiger partial charge in [-0.25, -0.2) is 0 Å². The predicted octanol–water partition coefficient (Wildman–Crippen LogP) is 8.11. The van der Waals surface area contributed by atoms with Crippen LogP contribution >= 0.6 is 23.5 Å². The molecule has 0 radical (unpaired) electrons. The molecule has 0 amide bonds. The summed E-state index contributed by atoms with van der Waals surface area (Å²) in [7, 11) is 0. The van der Waals surface area contributed by atoms with E-state index in [1.165, 1.54) is 23.5 Å². The van der Waals surface area contributed by atoms with E-state index in [0.717, 1.165) is 9.79 Å². The normalized spacial score (nSPS) is 10.3. The first-order chi connectivity index (χ1) is 18.8. The second-order valence-corrected chi connectivity index (χ2v) is 9.87. The molecule has 182 valence electrons. The minimum atomic E-state index is 0.0751. The molecule has 0 saturated heterocycles. The molecule has 0 aliphatic heterocycles. The first-order valence-electron chi connectivity index (χ1n) is 11.4. The second kappa shape index (κ2) is 12.0. The highest BCUT2D eigenvalue weighted by molar-refractivity contribution is 8.02. The fraction of sp³-hybridized carbons (Fsp3) is 0. The molecule has 5 rings (SSSR count). The van der Waals surface area contributed by atoms with Crippen LogP contribution in [0.25, 0.3) is 0 Å². The molecule has 0 atom stereocenters. The van der Waals surface area contributed by atoms with Crippen LogP contribution in [0.1, 0.15) is 11.1 Å². The smallest absolute Gasteiger partial charge is 0.161 e. The van der Waals surface area contributed by atoms with Gasteiger partial charge in [0.15, 0.2) is 11.5 Å². The van der Waals surface area contributed by atoms with Gasteiger partial charge in [0.2, 0.25) is 0 Å². The summed E-state index contributed by atoms with van der Waals surface area (Å²) in [4.78, 5) is 11.4. The molecule has 8 heteroatoms. The fourth-order valence-corrected chi connectivity index (χ4v) is 5.67. The van der Waals surface area contributed by atoms with Crippen molar-refractivity contribution in [3.63, 3.8) is 0 Å². The molecule has 2 aromatic heterocycles. The monoisotopic (exact) mass is 530 g/mol. The van der Waals surface area contributed by atoms with Gasteiger partial charge in [-0.05, 0) is 48.5 Å². The summed E-state index contributed by atoms with van der Waals surface area (Å²) >= 11 is 2.86. The van der Waals surface area contributed by atoms with E-state index in [-0.39, 0.29) is 22.6 Å². The molecule has 5 aromatic rings. The molecule has 0 N–H and O–H groups in total. The van der Waals surface area contributed by atoms with Gasteiger partial charge in [-0.3, -0.25) is 9.97 Å². The zero-order valence-electron chi connectivity index (χ0n) is 19.8. The Labute approximate surface area is 228 Å². The second-order valence-electron chi connectivity index (χ2n) is 7.70. The van der Waals surface area contributed by atoms with E-state index in [1.54, 1.807) is 49.1 Å². The maximum atomic E-state index is 10.3. The number of ether oxygens (including phenoxy) is 2. The Balaban J connectivity index is 1.80. The lowest BCUT2D eigenvalue weighted by molar-refractivity contribution is 0.442. The molecule has 38 heavy (non-hydrogen) atoms. The highest BCUT2D eigenvalue weighted by Gasteiger charge is 2.29. The van der Waals surface area contributed by atoms with Gasteiger partial charge in [0.05, 0.1) is 22.2 Å². The topological polar surface area (TPSA) is 91.8 Å². The van der Waals surface area contributed by atoms with Crippen molar-refractivity contribution in [3.8, 4) is 35.1 Å². The number of aromatic nitrogens is 2. The molecular weight excluding hydrogens is 512 g/mol. The number of nitrogens with zero attached hydrogens (tertiary/aromatic N) is 4. The zero-order chi connectivity index (χ0) is 26.2. The van der Waals surface area contributed by atoms with Gasteiger partial charge in [0.1, 0.15) is 34.8 Å². The molecule has 0 unspecified atom stereocenters. The van der Waals surface area contributed by atoms with E-state index in [1.807, 2.05) is 60.7 Å². The van der Waals surface area contributed by atoms with Gasteiger partial charge < -0.3 is 9.47 Å². The minimum absolute atomic E-state index is 0.0751. The van der Waals surface area contributed by atoms with Crippen LogP contribution < -0.4 is 9.47 Å². The maximum absolute atomic E-state index is 10.3. The maximum Gasteiger partial charge on any atom is 0.161 e. The Morgan fingerprint density at radius 2 is 0.974 bits per heavy atom. The minimum Gasteiger partial charge on any atom is -0.453 e. The molecule has 0 spiro atoms. The average Bonchev–Trinajstić information content (AvgIpc) is 2.98. The number of nitriles is 2. The van der Waals surface area contributed by atoms with Crippen molar-refractivity contribution in [2.75, 3.05) is 0 Å². The van der Waals surface area contributed by atoms with Gasteiger partial charge >= 0.3 is 0 Å². The summed E-state index contributed by atoms with van der Waals surface area (Å²) < 4.78 is 12.6. The first kappa shape index (κ1) is 24.9. The summed E-state index contributed by atoms with van der Waals surface area (Å²) in [6, 6.07) is 30.9. The Bertz CT molecular complexity index is 1500. The molecule has 0 aliphatic rings. The van der Waals surface area contributed by atoms with Crippen molar-refractivity contribution in [1.29, 1.82) is 10.5 Å². The number of hydrogen-bond donors (Lipinski definition) is 0. The molecule has 0 bridgehead atoms. The summed E-state index contributed by atoms with van der Waals surface area (Å²) in [5.41, 5.74) is 0.150. The predicted molar refractivity (Wildman–Crippen MR) is 146 cm³/mol. The number of pyridine rings is 2. The number of hydrogen-bond acceptors (Lipinski definition) is 8. The Morgan fingerprint density at radius 3 is 1.32 bits per heavy atom. The van der Waals surface area contributed by atoms with Crippen molar-refractivity contribution in [2.24, 2.45) is 0 Å². The van der Waals surface area contributed by atoms with Crippen molar-refractivity contribution in [2.45, 2.75) is 19.6 Å². The number of rotatable bonds is 8. The van der Waals surface area contributed by atoms with Gasteiger partial charge in [-0.2, -0.15) is 10.5 Å². The average molecular weight is 531 g/mol. The highest BCUT2D eigenvalue weighted by Crippen LogP contribution is 2.53. The van der Waals surface area contributed by atoms with Crippen LogP contribution in [0.4, 0.5) is 0 Å². The van der Waals surface area contributed by atoms with Crippen molar-refractivity contribution < 1.29 is 9.47 Å². The molecule has 0 fully saturated rings. The number of benzene rings is 3. The van der Waals surface area contributed by atoms with Gasteiger partial charge in [0, 0.05) is 22.2 Å². The van der Waals surface area contributed by atoms with Crippen molar-refractivity contribution >= 4 is 23.5 Å². The molecule has 0 saturated carbocycles. The molecule has 0 aliphatic carbocycles. The largest absolute Gasteiger partial charge is 0.453 e.